The minimum atomic E-state index is -0.669. The van der Waals surface area contributed by atoms with Gasteiger partial charge in [-0.25, -0.2) is 4.79 Å². The molecule has 0 aliphatic heterocycles. The van der Waals surface area contributed by atoms with Gasteiger partial charge >= 0.3 is 11.9 Å². The molecule has 0 aromatic carbocycles. The summed E-state index contributed by atoms with van der Waals surface area (Å²) >= 11 is 1.47. The third-order valence-electron chi connectivity index (χ3n) is 2.33. The molecule has 2 N–H and O–H groups in total. The SMILES string of the molecule is O=C(COC(=O)/C=C/c1cccs1)NNC(=O)c1ccco1. The number of nitrogens with one attached hydrogen (secondary N) is 2. The number of amides is 2. The number of hydrazine groups is 1. The van der Waals surface area contributed by atoms with Crippen LogP contribution < -0.4 is 10.9 Å². The number of hydrogen-bond acceptors (Lipinski definition) is 6. The Bertz CT molecular complexity index is 661. The molecule has 2 aromatic heterocycles. The summed E-state index contributed by atoms with van der Waals surface area (Å²) in [6.07, 6.45) is 4.14. The van der Waals surface area contributed by atoms with E-state index >= 15 is 0 Å². The molecule has 8 heteroatoms. The van der Waals surface area contributed by atoms with Gasteiger partial charge in [-0.2, -0.15) is 0 Å². The van der Waals surface area contributed by atoms with Crippen molar-refractivity contribution in [3.05, 3.63) is 52.6 Å². The minimum absolute atomic E-state index is 0.0520. The van der Waals surface area contributed by atoms with Gasteiger partial charge in [0.1, 0.15) is 0 Å². The number of hydrogen-bond donors (Lipinski definition) is 2. The van der Waals surface area contributed by atoms with Crippen molar-refractivity contribution in [2.24, 2.45) is 0 Å². The Kier molecular flexibility index (Phi) is 5.50. The Labute approximate surface area is 129 Å². The van der Waals surface area contributed by atoms with Crippen LogP contribution in [0.4, 0.5) is 0 Å². The van der Waals surface area contributed by atoms with Gasteiger partial charge in [0.2, 0.25) is 0 Å². The van der Waals surface area contributed by atoms with Crippen LogP contribution in [0.15, 0.2) is 46.4 Å². The topological polar surface area (TPSA) is 97.6 Å². The lowest BCUT2D eigenvalue weighted by atomic mass is 10.4. The summed E-state index contributed by atoms with van der Waals surface area (Å²) in [5.74, 6) is -1.88. The number of ether oxygens (including phenoxy) is 1. The van der Waals surface area contributed by atoms with Crippen molar-refractivity contribution in [1.29, 1.82) is 0 Å². The lowest BCUT2D eigenvalue weighted by molar-refractivity contribution is -0.144. The van der Waals surface area contributed by atoms with Crippen LogP contribution in [-0.2, 0) is 14.3 Å². The van der Waals surface area contributed by atoms with Crippen LogP contribution in [-0.4, -0.2) is 24.4 Å². The van der Waals surface area contributed by atoms with E-state index in [2.05, 4.69) is 10.9 Å². The van der Waals surface area contributed by atoms with E-state index in [0.717, 1.165) is 4.88 Å². The highest BCUT2D eigenvalue weighted by Crippen LogP contribution is 2.10. The zero-order valence-electron chi connectivity index (χ0n) is 11.3. The second kappa shape index (κ2) is 7.79. The van der Waals surface area contributed by atoms with E-state index in [-0.39, 0.29) is 5.76 Å². The zero-order valence-corrected chi connectivity index (χ0v) is 12.1. The maximum absolute atomic E-state index is 11.4. The highest BCUT2D eigenvalue weighted by atomic mass is 32.1. The molecule has 0 saturated heterocycles. The van der Waals surface area contributed by atoms with Crippen molar-refractivity contribution in [2.45, 2.75) is 0 Å². The fourth-order valence-corrected chi connectivity index (χ4v) is 1.97. The van der Waals surface area contributed by atoms with Crippen molar-refractivity contribution < 1.29 is 23.5 Å². The van der Waals surface area contributed by atoms with E-state index in [1.54, 1.807) is 12.1 Å². The van der Waals surface area contributed by atoms with Crippen molar-refractivity contribution in [3.8, 4) is 0 Å². The van der Waals surface area contributed by atoms with Crippen LogP contribution in [0.3, 0.4) is 0 Å². The summed E-state index contributed by atoms with van der Waals surface area (Å²) in [6, 6.07) is 6.67. The molecular weight excluding hydrogens is 308 g/mol. The first-order valence-electron chi connectivity index (χ1n) is 6.16. The normalized spacial score (nSPS) is 10.4. The molecule has 0 fully saturated rings. The summed E-state index contributed by atoms with van der Waals surface area (Å²) in [5.41, 5.74) is 4.22. The third-order valence-corrected chi connectivity index (χ3v) is 3.17. The zero-order chi connectivity index (χ0) is 15.8. The van der Waals surface area contributed by atoms with Gasteiger partial charge in [-0.05, 0) is 29.7 Å². The first-order valence-corrected chi connectivity index (χ1v) is 7.04. The van der Waals surface area contributed by atoms with Gasteiger partial charge < -0.3 is 9.15 Å². The van der Waals surface area contributed by atoms with Crippen molar-refractivity contribution >= 4 is 35.2 Å². The van der Waals surface area contributed by atoms with Crippen molar-refractivity contribution in [1.82, 2.24) is 10.9 Å². The lowest BCUT2D eigenvalue weighted by Gasteiger charge is -2.05. The summed E-state index contributed by atoms with van der Waals surface area (Å²) in [7, 11) is 0. The number of carbonyl (C=O) groups is 3. The summed E-state index contributed by atoms with van der Waals surface area (Å²) in [4.78, 5) is 35.1. The highest BCUT2D eigenvalue weighted by molar-refractivity contribution is 7.10. The molecular formula is C14H12N2O5S. The fourth-order valence-electron chi connectivity index (χ4n) is 1.35. The molecule has 22 heavy (non-hydrogen) atoms. The van der Waals surface area contributed by atoms with E-state index in [0.29, 0.717) is 0 Å². The van der Waals surface area contributed by atoms with Crippen LogP contribution in [0.2, 0.25) is 0 Å². The van der Waals surface area contributed by atoms with Gasteiger partial charge in [-0.3, -0.25) is 20.4 Å². The molecule has 2 heterocycles. The van der Waals surface area contributed by atoms with Crippen molar-refractivity contribution in [3.63, 3.8) is 0 Å². The lowest BCUT2D eigenvalue weighted by Crippen LogP contribution is -2.43. The molecule has 0 spiro atoms. The molecule has 2 aromatic rings. The maximum Gasteiger partial charge on any atom is 0.331 e. The van der Waals surface area contributed by atoms with E-state index in [1.807, 2.05) is 17.5 Å². The molecule has 0 aliphatic carbocycles. The van der Waals surface area contributed by atoms with Crippen LogP contribution in [0.1, 0.15) is 15.4 Å². The van der Waals surface area contributed by atoms with Gasteiger partial charge in [-0.15, -0.1) is 11.3 Å². The fraction of sp³-hybridized carbons (Fsp3) is 0.0714. The minimum Gasteiger partial charge on any atom is -0.459 e. The molecule has 0 bridgehead atoms. The molecule has 0 saturated carbocycles. The summed E-state index contributed by atoms with van der Waals surface area (Å²) in [5, 5.41) is 1.88. The van der Waals surface area contributed by atoms with Crippen LogP contribution in [0, 0.1) is 0 Å². The van der Waals surface area contributed by atoms with E-state index in [4.69, 9.17) is 9.15 Å². The molecule has 2 rings (SSSR count). The van der Waals surface area contributed by atoms with Crippen molar-refractivity contribution in [2.75, 3.05) is 6.61 Å². The molecule has 0 aliphatic rings. The van der Waals surface area contributed by atoms with Gasteiger partial charge in [0.05, 0.1) is 6.26 Å². The molecule has 7 nitrogen and oxygen atoms in total. The Hall–Kier alpha value is -2.87. The quantitative estimate of drug-likeness (QED) is 0.492. The maximum atomic E-state index is 11.4. The smallest absolute Gasteiger partial charge is 0.331 e. The monoisotopic (exact) mass is 320 g/mol. The number of furan rings is 1. The second-order valence-corrected chi connectivity index (χ2v) is 4.92. The first kappa shape index (κ1) is 15.5. The second-order valence-electron chi connectivity index (χ2n) is 3.94. The number of rotatable bonds is 5. The summed E-state index contributed by atoms with van der Waals surface area (Å²) < 4.78 is 9.55. The molecule has 0 atom stereocenters. The molecule has 114 valence electrons. The number of thiophene rings is 1. The molecule has 2 amide bonds. The van der Waals surface area contributed by atoms with Crippen LogP contribution in [0.5, 0.6) is 0 Å². The Morgan fingerprint density at radius 2 is 2.09 bits per heavy atom. The largest absolute Gasteiger partial charge is 0.459 e. The van der Waals surface area contributed by atoms with E-state index < -0.39 is 24.4 Å². The van der Waals surface area contributed by atoms with Gasteiger partial charge in [-0.1, -0.05) is 6.07 Å². The number of carbonyl (C=O) groups excluding carboxylic acids is 3. The number of esters is 1. The average molecular weight is 320 g/mol. The summed E-state index contributed by atoms with van der Waals surface area (Å²) in [6.45, 7) is -0.508. The third kappa shape index (κ3) is 4.91. The Morgan fingerprint density at radius 3 is 2.77 bits per heavy atom. The standard InChI is InChI=1S/C14H12N2O5S/c17-12(15-16-14(19)11-4-1-7-20-11)9-21-13(18)6-5-10-3-2-8-22-10/h1-8H,9H2,(H,15,17)(H,16,19)/b6-5+. The predicted molar refractivity (Wildman–Crippen MR) is 78.6 cm³/mol. The Balaban J connectivity index is 1.67. The van der Waals surface area contributed by atoms with Crippen LogP contribution >= 0.6 is 11.3 Å². The van der Waals surface area contributed by atoms with E-state index in [1.165, 1.54) is 29.7 Å². The molecule has 0 radical (unpaired) electrons. The van der Waals surface area contributed by atoms with Crippen LogP contribution in [0.25, 0.3) is 6.08 Å². The Morgan fingerprint density at radius 1 is 1.23 bits per heavy atom. The van der Waals surface area contributed by atoms with Gasteiger partial charge in [0.15, 0.2) is 12.4 Å². The van der Waals surface area contributed by atoms with E-state index in [9.17, 15) is 14.4 Å². The van der Waals surface area contributed by atoms with Gasteiger partial charge in [0.25, 0.3) is 5.91 Å². The average Bonchev–Trinajstić information content (AvgIpc) is 3.21. The highest BCUT2D eigenvalue weighted by Gasteiger charge is 2.10. The predicted octanol–water partition coefficient (Wildman–Crippen LogP) is 1.36. The van der Waals surface area contributed by atoms with Gasteiger partial charge in [0, 0.05) is 11.0 Å². The first-order chi connectivity index (χ1) is 10.6. The molecule has 0 unspecified atom stereocenters.